The second-order valence-corrected chi connectivity index (χ2v) is 6.70. The van der Waals surface area contributed by atoms with E-state index in [1.165, 1.54) is 4.68 Å². The van der Waals surface area contributed by atoms with Crippen molar-refractivity contribution in [3.63, 3.8) is 0 Å². The number of aromatic nitrogens is 1. The van der Waals surface area contributed by atoms with Crippen molar-refractivity contribution >= 4 is 10.0 Å². The topological polar surface area (TPSA) is 51.1 Å². The molecule has 2 aromatic carbocycles. The number of nitrogens with zero attached hydrogens (tertiary/aromatic N) is 1. The molecule has 0 spiro atoms. The molecule has 112 valence electrons. The van der Waals surface area contributed by atoms with E-state index in [1.807, 2.05) is 43.3 Å². The monoisotopic (exact) mass is 312 g/mol. The van der Waals surface area contributed by atoms with Crippen molar-refractivity contribution in [1.82, 2.24) is 4.68 Å². The highest BCUT2D eigenvalue weighted by molar-refractivity contribution is 7.92. The van der Waals surface area contributed by atoms with Crippen LogP contribution < -0.4 is 4.83 Å². The number of hydrogen-bond acceptors (Lipinski definition) is 2. The average Bonchev–Trinajstić information content (AvgIpc) is 2.96. The Morgan fingerprint density at radius 1 is 0.864 bits per heavy atom. The fourth-order valence-electron chi connectivity index (χ4n) is 2.20. The SMILES string of the molecule is Cc1ccc(-c2cccn2NS(=O)(=O)c2ccccc2)cc1. The van der Waals surface area contributed by atoms with Crippen LogP contribution in [0.4, 0.5) is 0 Å². The first kappa shape index (κ1) is 14.4. The van der Waals surface area contributed by atoms with Gasteiger partial charge in [0.15, 0.2) is 0 Å². The molecule has 0 unspecified atom stereocenters. The average molecular weight is 312 g/mol. The molecule has 22 heavy (non-hydrogen) atoms. The molecule has 5 heteroatoms. The minimum absolute atomic E-state index is 0.235. The molecule has 4 nitrogen and oxygen atoms in total. The molecule has 1 heterocycles. The van der Waals surface area contributed by atoms with Gasteiger partial charge in [0, 0.05) is 11.8 Å². The number of aryl methyl sites for hydroxylation is 1. The second-order valence-electron chi connectivity index (χ2n) is 5.04. The third kappa shape index (κ3) is 2.89. The molecular formula is C17H16N2O2S. The van der Waals surface area contributed by atoms with E-state index in [2.05, 4.69) is 4.83 Å². The molecule has 0 saturated carbocycles. The summed E-state index contributed by atoms with van der Waals surface area (Å²) in [4.78, 5) is 2.82. The van der Waals surface area contributed by atoms with Crippen LogP contribution in [0.25, 0.3) is 11.3 Å². The largest absolute Gasteiger partial charge is 0.275 e. The van der Waals surface area contributed by atoms with Crippen molar-refractivity contribution in [3.05, 3.63) is 78.5 Å². The van der Waals surface area contributed by atoms with Crippen LogP contribution in [0.2, 0.25) is 0 Å². The van der Waals surface area contributed by atoms with Gasteiger partial charge in [-0.3, -0.25) is 4.68 Å². The molecule has 0 radical (unpaired) electrons. The van der Waals surface area contributed by atoms with Crippen molar-refractivity contribution in [1.29, 1.82) is 0 Å². The summed E-state index contributed by atoms with van der Waals surface area (Å²) in [5.74, 6) is 0. The van der Waals surface area contributed by atoms with Crippen LogP contribution in [0.3, 0.4) is 0 Å². The van der Waals surface area contributed by atoms with Crippen LogP contribution in [-0.2, 0) is 10.0 Å². The zero-order valence-corrected chi connectivity index (χ0v) is 12.9. The van der Waals surface area contributed by atoms with Gasteiger partial charge < -0.3 is 0 Å². The Morgan fingerprint density at radius 3 is 2.23 bits per heavy atom. The zero-order valence-electron chi connectivity index (χ0n) is 12.1. The van der Waals surface area contributed by atoms with Crippen molar-refractivity contribution in [2.75, 3.05) is 4.83 Å². The lowest BCUT2D eigenvalue weighted by Gasteiger charge is -2.13. The van der Waals surface area contributed by atoms with Gasteiger partial charge >= 0.3 is 0 Å². The molecule has 0 aliphatic carbocycles. The van der Waals surface area contributed by atoms with Gasteiger partial charge in [-0.2, -0.15) is 8.42 Å². The second kappa shape index (κ2) is 5.69. The molecule has 0 saturated heterocycles. The normalized spacial score (nSPS) is 11.3. The maximum absolute atomic E-state index is 12.4. The number of hydrogen-bond donors (Lipinski definition) is 1. The predicted molar refractivity (Wildman–Crippen MR) is 87.6 cm³/mol. The molecule has 3 aromatic rings. The summed E-state index contributed by atoms with van der Waals surface area (Å²) in [5.41, 5.74) is 2.90. The first-order valence-electron chi connectivity index (χ1n) is 6.88. The minimum atomic E-state index is -3.61. The summed E-state index contributed by atoms with van der Waals surface area (Å²) in [7, 11) is -3.61. The molecule has 0 amide bonds. The summed E-state index contributed by atoms with van der Waals surface area (Å²) in [6, 6.07) is 19.9. The highest BCUT2D eigenvalue weighted by Crippen LogP contribution is 2.21. The summed E-state index contributed by atoms with van der Waals surface area (Å²) in [5, 5.41) is 0. The maximum Gasteiger partial charge on any atom is 0.275 e. The summed E-state index contributed by atoms with van der Waals surface area (Å²) < 4.78 is 26.3. The van der Waals surface area contributed by atoms with Crippen LogP contribution in [0.5, 0.6) is 0 Å². The molecule has 1 N–H and O–H groups in total. The highest BCUT2D eigenvalue weighted by Gasteiger charge is 2.15. The molecular weight excluding hydrogens is 296 g/mol. The first-order valence-corrected chi connectivity index (χ1v) is 8.37. The van der Waals surface area contributed by atoms with E-state index in [-0.39, 0.29) is 4.90 Å². The highest BCUT2D eigenvalue weighted by atomic mass is 32.2. The lowest BCUT2D eigenvalue weighted by atomic mass is 10.1. The van der Waals surface area contributed by atoms with E-state index in [4.69, 9.17) is 0 Å². The van der Waals surface area contributed by atoms with Gasteiger partial charge in [-0.05, 0) is 31.2 Å². The van der Waals surface area contributed by atoms with Gasteiger partial charge in [0.25, 0.3) is 10.0 Å². The van der Waals surface area contributed by atoms with Gasteiger partial charge in [-0.15, -0.1) is 0 Å². The number of rotatable bonds is 4. The fourth-order valence-corrected chi connectivity index (χ4v) is 3.24. The minimum Gasteiger partial charge on any atom is -0.253 e. The first-order chi connectivity index (χ1) is 10.6. The van der Waals surface area contributed by atoms with Crippen LogP contribution in [-0.4, -0.2) is 13.1 Å². The summed E-state index contributed by atoms with van der Waals surface area (Å²) in [6.07, 6.45) is 1.69. The molecule has 0 bridgehead atoms. The Hall–Kier alpha value is -2.53. The van der Waals surface area contributed by atoms with Crippen molar-refractivity contribution < 1.29 is 8.42 Å². The maximum atomic E-state index is 12.4. The standard InChI is InChI=1S/C17H16N2O2S/c1-14-9-11-15(12-10-14)17-8-5-13-19(17)18-22(20,21)16-6-3-2-4-7-16/h2-13,18H,1H3. The van der Waals surface area contributed by atoms with Crippen LogP contribution >= 0.6 is 0 Å². The zero-order chi connectivity index (χ0) is 15.6. The molecule has 0 fully saturated rings. The Kier molecular flexibility index (Phi) is 3.73. The van der Waals surface area contributed by atoms with Crippen molar-refractivity contribution in [3.8, 4) is 11.3 Å². The van der Waals surface area contributed by atoms with Gasteiger partial charge in [-0.1, -0.05) is 48.0 Å². The van der Waals surface area contributed by atoms with E-state index in [0.717, 1.165) is 16.8 Å². The molecule has 3 rings (SSSR count). The van der Waals surface area contributed by atoms with E-state index < -0.39 is 10.0 Å². The lowest BCUT2D eigenvalue weighted by Crippen LogP contribution is -2.23. The van der Waals surface area contributed by atoms with Gasteiger partial charge in [-0.25, -0.2) is 4.83 Å². The van der Waals surface area contributed by atoms with Crippen molar-refractivity contribution in [2.45, 2.75) is 11.8 Å². The smallest absolute Gasteiger partial charge is 0.253 e. The summed E-state index contributed by atoms with van der Waals surface area (Å²) in [6.45, 7) is 2.01. The number of sulfonamides is 1. The van der Waals surface area contributed by atoms with E-state index >= 15 is 0 Å². The predicted octanol–water partition coefficient (Wildman–Crippen LogP) is 3.40. The molecule has 0 atom stereocenters. The Balaban J connectivity index is 1.95. The van der Waals surface area contributed by atoms with Gasteiger partial charge in [0.2, 0.25) is 0 Å². The number of benzene rings is 2. The fraction of sp³-hybridized carbons (Fsp3) is 0.0588. The quantitative estimate of drug-likeness (QED) is 0.803. The van der Waals surface area contributed by atoms with E-state index in [1.54, 1.807) is 36.5 Å². The Bertz CT molecular complexity index is 867. The van der Waals surface area contributed by atoms with Crippen molar-refractivity contribution in [2.24, 2.45) is 0 Å². The van der Waals surface area contributed by atoms with Gasteiger partial charge in [0.1, 0.15) is 0 Å². The van der Waals surface area contributed by atoms with Crippen LogP contribution in [0, 0.1) is 6.92 Å². The van der Waals surface area contributed by atoms with E-state index in [9.17, 15) is 8.42 Å². The Morgan fingerprint density at radius 2 is 1.55 bits per heavy atom. The lowest BCUT2D eigenvalue weighted by molar-refractivity contribution is 0.595. The Labute approximate surface area is 130 Å². The van der Waals surface area contributed by atoms with Crippen LogP contribution in [0.15, 0.2) is 77.8 Å². The molecule has 0 aliphatic heterocycles. The van der Waals surface area contributed by atoms with E-state index in [0.29, 0.717) is 0 Å². The third-order valence-corrected chi connectivity index (χ3v) is 4.70. The van der Waals surface area contributed by atoms with Gasteiger partial charge in [0.05, 0.1) is 10.6 Å². The molecule has 1 aromatic heterocycles. The molecule has 0 aliphatic rings. The number of nitrogens with one attached hydrogen (secondary N) is 1. The summed E-state index contributed by atoms with van der Waals surface area (Å²) >= 11 is 0. The third-order valence-electron chi connectivity index (χ3n) is 3.37. The van der Waals surface area contributed by atoms with Crippen LogP contribution in [0.1, 0.15) is 5.56 Å².